The highest BCUT2D eigenvalue weighted by atomic mass is 32.2. The lowest BCUT2D eigenvalue weighted by atomic mass is 10.2. The van der Waals surface area contributed by atoms with E-state index in [2.05, 4.69) is 62.8 Å². The van der Waals surface area contributed by atoms with E-state index in [1.807, 2.05) is 54.2 Å². The van der Waals surface area contributed by atoms with Crippen molar-refractivity contribution in [3.05, 3.63) is 96.6 Å². The molecule has 0 aromatic heterocycles. The van der Waals surface area contributed by atoms with Crippen LogP contribution in [0, 0.1) is 0 Å². The van der Waals surface area contributed by atoms with Gasteiger partial charge >= 0.3 is 0 Å². The summed E-state index contributed by atoms with van der Waals surface area (Å²) in [5.41, 5.74) is 3.22. The smallest absolute Gasteiger partial charge is 0.284 e. The number of benzene rings is 3. The first-order valence-corrected chi connectivity index (χ1v) is 13.7. The minimum absolute atomic E-state index is 0.169. The van der Waals surface area contributed by atoms with Crippen molar-refractivity contribution in [2.45, 2.75) is 5.78 Å². The first-order chi connectivity index (χ1) is 15.3. The third-order valence-electron chi connectivity index (χ3n) is 6.13. The zero-order valence-electron chi connectivity index (χ0n) is 17.6. The van der Waals surface area contributed by atoms with E-state index in [-0.39, 0.29) is 5.78 Å². The van der Waals surface area contributed by atoms with Crippen LogP contribution < -0.4 is 9.34 Å². The fourth-order valence-electron chi connectivity index (χ4n) is 4.72. The van der Waals surface area contributed by atoms with Gasteiger partial charge < -0.3 is 9.34 Å². The van der Waals surface area contributed by atoms with Crippen molar-refractivity contribution in [2.75, 3.05) is 47.0 Å². The van der Waals surface area contributed by atoms with Gasteiger partial charge in [0.1, 0.15) is 5.78 Å². The van der Waals surface area contributed by atoms with E-state index in [1.54, 1.807) is 0 Å². The molecule has 31 heavy (non-hydrogen) atoms. The fourth-order valence-corrected chi connectivity index (χ4v) is 9.34. The molecular formula is C25H28N3OPS. The molecule has 3 aromatic carbocycles. The summed E-state index contributed by atoms with van der Waals surface area (Å²) in [6.07, 6.45) is 0. The number of rotatable bonds is 5. The van der Waals surface area contributed by atoms with Crippen molar-refractivity contribution in [1.29, 1.82) is 0 Å². The van der Waals surface area contributed by atoms with E-state index in [0.29, 0.717) is 0 Å². The highest BCUT2D eigenvalue weighted by Crippen LogP contribution is 2.69. The van der Waals surface area contributed by atoms with Crippen molar-refractivity contribution in [1.82, 2.24) is 4.90 Å². The van der Waals surface area contributed by atoms with E-state index in [1.165, 1.54) is 0 Å². The molecule has 0 bridgehead atoms. The summed E-state index contributed by atoms with van der Waals surface area (Å²) < 4.78 is 19.9. The molecule has 160 valence electrons. The standard InChI is InChI=1S/C25H28N3OPS/c29-30(25(22-10-4-1-5-11-22)26-18-20-31-21-19-26)27(23-12-6-2-7-13-23)16-17-28(30)24-14-8-3-9-15-24/h1-15,25H,16-21H2. The van der Waals surface area contributed by atoms with Crippen molar-refractivity contribution < 1.29 is 4.57 Å². The lowest BCUT2D eigenvalue weighted by molar-refractivity contribution is 0.273. The summed E-state index contributed by atoms with van der Waals surface area (Å²) in [6, 6.07) is 31.1. The molecule has 2 heterocycles. The normalized spacial score (nSPS) is 20.0. The van der Waals surface area contributed by atoms with Gasteiger partial charge in [-0.25, -0.2) is 0 Å². The van der Waals surface area contributed by atoms with Gasteiger partial charge in [0, 0.05) is 49.1 Å². The van der Waals surface area contributed by atoms with Crippen LogP contribution in [0.4, 0.5) is 11.4 Å². The first kappa shape index (κ1) is 20.7. The summed E-state index contributed by atoms with van der Waals surface area (Å²) in [6.45, 7) is 3.42. The molecule has 2 aliphatic rings. The Bertz CT molecular complexity index is 977. The topological polar surface area (TPSA) is 26.8 Å². The van der Waals surface area contributed by atoms with Gasteiger partial charge in [0.05, 0.1) is 0 Å². The van der Waals surface area contributed by atoms with Gasteiger partial charge in [-0.05, 0) is 29.8 Å². The van der Waals surface area contributed by atoms with Gasteiger partial charge in [-0.3, -0.25) is 9.46 Å². The Balaban J connectivity index is 1.68. The van der Waals surface area contributed by atoms with E-state index in [4.69, 9.17) is 0 Å². The Morgan fingerprint density at radius 1 is 0.645 bits per heavy atom. The van der Waals surface area contributed by atoms with Crippen LogP contribution in [0.2, 0.25) is 0 Å². The Morgan fingerprint density at radius 2 is 1.10 bits per heavy atom. The van der Waals surface area contributed by atoms with E-state index in [9.17, 15) is 0 Å². The first-order valence-electron chi connectivity index (χ1n) is 10.9. The number of hydrogen-bond acceptors (Lipinski definition) is 3. The highest BCUT2D eigenvalue weighted by molar-refractivity contribution is 7.99. The second kappa shape index (κ2) is 9.12. The van der Waals surface area contributed by atoms with Crippen LogP contribution in [0.3, 0.4) is 0 Å². The molecule has 6 heteroatoms. The van der Waals surface area contributed by atoms with Crippen LogP contribution in [0.15, 0.2) is 91.0 Å². The zero-order valence-corrected chi connectivity index (χ0v) is 19.3. The molecule has 2 fully saturated rings. The molecule has 0 saturated carbocycles. The molecule has 2 saturated heterocycles. The van der Waals surface area contributed by atoms with Crippen LogP contribution in [0.5, 0.6) is 0 Å². The second-order valence-corrected chi connectivity index (χ2v) is 11.8. The van der Waals surface area contributed by atoms with Gasteiger partial charge in [-0.15, -0.1) is 0 Å². The molecule has 0 spiro atoms. The molecular weight excluding hydrogens is 421 g/mol. The summed E-state index contributed by atoms with van der Waals surface area (Å²) in [7, 11) is -3.05. The Labute approximate surface area is 189 Å². The third kappa shape index (κ3) is 3.91. The number of anilines is 2. The molecule has 1 unspecified atom stereocenters. The van der Waals surface area contributed by atoms with Crippen LogP contribution in [-0.4, -0.2) is 42.6 Å². The molecule has 0 N–H and O–H groups in total. The highest BCUT2D eigenvalue weighted by Gasteiger charge is 2.52. The Hall–Kier alpha value is -2.20. The second-order valence-electron chi connectivity index (χ2n) is 7.94. The molecule has 0 radical (unpaired) electrons. The zero-order chi connectivity index (χ0) is 21.1. The van der Waals surface area contributed by atoms with Crippen molar-refractivity contribution >= 4 is 30.6 Å². The minimum Gasteiger partial charge on any atom is -0.304 e. The summed E-state index contributed by atoms with van der Waals surface area (Å²) in [5.74, 6) is 2.00. The fraction of sp³-hybridized carbons (Fsp3) is 0.280. The SMILES string of the molecule is O=P1(C(c2ccccc2)N2CCSCC2)N(c2ccccc2)CCN1c1ccccc1. The van der Waals surface area contributed by atoms with Gasteiger partial charge in [-0.2, -0.15) is 11.8 Å². The average molecular weight is 450 g/mol. The predicted molar refractivity (Wildman–Crippen MR) is 133 cm³/mol. The number of hydrogen-bond donors (Lipinski definition) is 0. The largest absolute Gasteiger partial charge is 0.304 e. The molecule has 0 aliphatic carbocycles. The minimum atomic E-state index is -3.05. The lowest BCUT2D eigenvalue weighted by Crippen LogP contribution is -2.40. The molecule has 3 aromatic rings. The maximum atomic E-state index is 15.5. The van der Waals surface area contributed by atoms with Crippen LogP contribution in [0.25, 0.3) is 0 Å². The lowest BCUT2D eigenvalue weighted by Gasteiger charge is -2.44. The van der Waals surface area contributed by atoms with Gasteiger partial charge in [0.25, 0.3) is 7.44 Å². The van der Waals surface area contributed by atoms with E-state index < -0.39 is 7.44 Å². The molecule has 0 amide bonds. The van der Waals surface area contributed by atoms with Crippen LogP contribution in [0.1, 0.15) is 11.3 Å². The Kier molecular flexibility index (Phi) is 6.08. The quantitative estimate of drug-likeness (QED) is 0.449. The van der Waals surface area contributed by atoms with Crippen molar-refractivity contribution in [3.8, 4) is 0 Å². The molecule has 5 rings (SSSR count). The maximum absolute atomic E-state index is 15.5. The summed E-state index contributed by atoms with van der Waals surface area (Å²) >= 11 is 1.99. The van der Waals surface area contributed by atoms with Gasteiger partial charge in [0.2, 0.25) is 0 Å². The summed E-state index contributed by atoms with van der Waals surface area (Å²) in [4.78, 5) is 2.46. The maximum Gasteiger partial charge on any atom is 0.284 e. The number of nitrogens with zero attached hydrogens (tertiary/aromatic N) is 3. The van der Waals surface area contributed by atoms with Crippen LogP contribution >= 0.6 is 19.2 Å². The average Bonchev–Trinajstić information content (AvgIpc) is 3.19. The van der Waals surface area contributed by atoms with E-state index in [0.717, 1.165) is 54.6 Å². The number of thioether (sulfide) groups is 1. The predicted octanol–water partition coefficient (Wildman–Crippen LogP) is 5.95. The summed E-state index contributed by atoms with van der Waals surface area (Å²) in [5, 5.41) is 0. The third-order valence-corrected chi connectivity index (χ3v) is 10.6. The molecule has 4 nitrogen and oxygen atoms in total. The monoisotopic (exact) mass is 449 g/mol. The van der Waals surface area contributed by atoms with Gasteiger partial charge in [0.15, 0.2) is 0 Å². The van der Waals surface area contributed by atoms with Gasteiger partial charge in [-0.1, -0.05) is 66.7 Å². The number of para-hydroxylation sites is 2. The van der Waals surface area contributed by atoms with Crippen molar-refractivity contribution in [3.63, 3.8) is 0 Å². The molecule has 2 aliphatic heterocycles. The van der Waals surface area contributed by atoms with E-state index >= 15 is 4.57 Å². The Morgan fingerprint density at radius 3 is 1.58 bits per heavy atom. The van der Waals surface area contributed by atoms with Crippen LogP contribution in [-0.2, 0) is 4.57 Å². The molecule has 1 atom stereocenters. The van der Waals surface area contributed by atoms with Crippen molar-refractivity contribution in [2.24, 2.45) is 0 Å².